The molecule has 0 unspecified atom stereocenters. The van der Waals surface area contributed by atoms with E-state index in [1.165, 1.54) is 12.3 Å². The molecular formula is C12H12ClF3N2O3. The van der Waals surface area contributed by atoms with Crippen molar-refractivity contribution in [2.24, 2.45) is 0 Å². The van der Waals surface area contributed by atoms with Gasteiger partial charge < -0.3 is 9.64 Å². The van der Waals surface area contributed by atoms with Gasteiger partial charge in [0.25, 0.3) is 5.91 Å². The lowest BCUT2D eigenvalue weighted by atomic mass is 10.3. The lowest BCUT2D eigenvalue weighted by molar-refractivity contribution is -0.147. The van der Waals surface area contributed by atoms with E-state index >= 15 is 0 Å². The second-order valence-electron chi connectivity index (χ2n) is 4.03. The lowest BCUT2D eigenvalue weighted by Gasteiger charge is -2.23. The van der Waals surface area contributed by atoms with Crippen LogP contribution in [0.25, 0.3) is 0 Å². The molecule has 0 saturated carbocycles. The summed E-state index contributed by atoms with van der Waals surface area (Å²) >= 11 is 5.67. The van der Waals surface area contributed by atoms with Crippen molar-refractivity contribution in [2.75, 3.05) is 20.2 Å². The standard InChI is InChI=1S/C12H12ClF3N2O3/c1-21-10(19)3-5-18(7-12(14,15)16)11(20)9-6-8(13)2-4-17-9/h2,4,6H,3,5,7H2,1H3. The van der Waals surface area contributed by atoms with Crippen LogP contribution in [0.2, 0.25) is 5.02 Å². The Morgan fingerprint density at radius 1 is 1.43 bits per heavy atom. The van der Waals surface area contributed by atoms with Crippen molar-refractivity contribution in [1.29, 1.82) is 0 Å². The minimum Gasteiger partial charge on any atom is -0.469 e. The third-order valence-electron chi connectivity index (χ3n) is 2.41. The lowest BCUT2D eigenvalue weighted by Crippen LogP contribution is -2.40. The molecule has 1 aromatic rings. The average molecular weight is 325 g/mol. The van der Waals surface area contributed by atoms with Crippen molar-refractivity contribution in [3.8, 4) is 0 Å². The summed E-state index contributed by atoms with van der Waals surface area (Å²) in [4.78, 5) is 27.2. The van der Waals surface area contributed by atoms with E-state index < -0.39 is 31.1 Å². The SMILES string of the molecule is COC(=O)CCN(CC(F)(F)F)C(=O)c1cc(Cl)ccn1. The Hall–Kier alpha value is -1.83. The number of rotatable bonds is 5. The minimum absolute atomic E-state index is 0.174. The molecule has 1 amide bonds. The van der Waals surface area contributed by atoms with E-state index in [-0.39, 0.29) is 17.1 Å². The van der Waals surface area contributed by atoms with Gasteiger partial charge in [-0.2, -0.15) is 13.2 Å². The predicted octanol–water partition coefficient (Wildman–Crippen LogP) is 2.30. The number of hydrogen-bond donors (Lipinski definition) is 0. The largest absolute Gasteiger partial charge is 0.469 e. The Morgan fingerprint density at radius 3 is 2.62 bits per heavy atom. The number of carbonyl (C=O) groups excluding carboxylic acids is 2. The molecule has 1 rings (SSSR count). The van der Waals surface area contributed by atoms with Crippen molar-refractivity contribution in [3.05, 3.63) is 29.0 Å². The molecule has 0 aliphatic carbocycles. The highest BCUT2D eigenvalue weighted by molar-refractivity contribution is 6.30. The first-order chi connectivity index (χ1) is 9.73. The van der Waals surface area contributed by atoms with Gasteiger partial charge in [0.15, 0.2) is 0 Å². The molecule has 0 fully saturated rings. The van der Waals surface area contributed by atoms with Gasteiger partial charge in [0, 0.05) is 17.8 Å². The molecule has 0 saturated heterocycles. The molecule has 9 heteroatoms. The van der Waals surface area contributed by atoms with Gasteiger partial charge in [0.05, 0.1) is 13.5 Å². The van der Waals surface area contributed by atoms with Gasteiger partial charge in [-0.3, -0.25) is 14.6 Å². The van der Waals surface area contributed by atoms with Crippen LogP contribution in [0.3, 0.4) is 0 Å². The van der Waals surface area contributed by atoms with Gasteiger partial charge in [-0.1, -0.05) is 11.6 Å². The molecule has 0 atom stereocenters. The highest BCUT2D eigenvalue weighted by Crippen LogP contribution is 2.19. The highest BCUT2D eigenvalue weighted by atomic mass is 35.5. The summed E-state index contributed by atoms with van der Waals surface area (Å²) in [6.07, 6.45) is -3.73. The van der Waals surface area contributed by atoms with Crippen LogP contribution in [-0.2, 0) is 9.53 Å². The van der Waals surface area contributed by atoms with Crippen LogP contribution in [0.15, 0.2) is 18.3 Å². The van der Waals surface area contributed by atoms with Gasteiger partial charge in [-0.05, 0) is 12.1 Å². The summed E-state index contributed by atoms with van der Waals surface area (Å²) in [5.74, 6) is -1.67. The van der Waals surface area contributed by atoms with Crippen LogP contribution in [0.4, 0.5) is 13.2 Å². The number of nitrogens with zero attached hydrogens (tertiary/aromatic N) is 2. The average Bonchev–Trinajstić information content (AvgIpc) is 2.41. The molecular weight excluding hydrogens is 313 g/mol. The number of aromatic nitrogens is 1. The van der Waals surface area contributed by atoms with E-state index in [4.69, 9.17) is 11.6 Å². The number of esters is 1. The van der Waals surface area contributed by atoms with E-state index in [2.05, 4.69) is 9.72 Å². The molecule has 116 valence electrons. The monoisotopic (exact) mass is 324 g/mol. The third kappa shape index (κ3) is 5.99. The third-order valence-corrected chi connectivity index (χ3v) is 2.65. The number of methoxy groups -OCH3 is 1. The van der Waals surface area contributed by atoms with Crippen LogP contribution < -0.4 is 0 Å². The fraction of sp³-hybridized carbons (Fsp3) is 0.417. The molecule has 0 aliphatic rings. The second kappa shape index (κ2) is 7.26. The van der Waals surface area contributed by atoms with Gasteiger partial charge in [-0.15, -0.1) is 0 Å². The highest BCUT2D eigenvalue weighted by Gasteiger charge is 2.34. The Kier molecular flexibility index (Phi) is 5.95. The van der Waals surface area contributed by atoms with Gasteiger partial charge in [0.2, 0.25) is 0 Å². The first-order valence-corrected chi connectivity index (χ1v) is 6.15. The number of hydrogen-bond acceptors (Lipinski definition) is 4. The van der Waals surface area contributed by atoms with Crippen molar-refractivity contribution >= 4 is 23.5 Å². The zero-order valence-electron chi connectivity index (χ0n) is 11.0. The number of carbonyl (C=O) groups is 2. The summed E-state index contributed by atoms with van der Waals surface area (Å²) in [7, 11) is 1.11. The first-order valence-electron chi connectivity index (χ1n) is 5.77. The number of amides is 1. The van der Waals surface area contributed by atoms with Crippen LogP contribution in [0.1, 0.15) is 16.9 Å². The zero-order valence-corrected chi connectivity index (χ0v) is 11.7. The van der Waals surface area contributed by atoms with E-state index in [1.54, 1.807) is 0 Å². The van der Waals surface area contributed by atoms with Crippen LogP contribution in [0, 0.1) is 0 Å². The maximum atomic E-state index is 12.5. The molecule has 0 bridgehead atoms. The number of halogens is 4. The Morgan fingerprint density at radius 2 is 2.10 bits per heavy atom. The fourth-order valence-corrected chi connectivity index (χ4v) is 1.64. The van der Waals surface area contributed by atoms with Crippen molar-refractivity contribution in [1.82, 2.24) is 9.88 Å². The Bertz CT molecular complexity index is 523. The summed E-state index contributed by atoms with van der Waals surface area (Å²) in [5, 5.41) is 0.174. The molecule has 0 aromatic carbocycles. The normalized spacial score (nSPS) is 11.1. The molecule has 1 aromatic heterocycles. The van der Waals surface area contributed by atoms with E-state index in [9.17, 15) is 22.8 Å². The summed E-state index contributed by atoms with van der Waals surface area (Å²) < 4.78 is 41.9. The van der Waals surface area contributed by atoms with Crippen molar-refractivity contribution in [3.63, 3.8) is 0 Å². The van der Waals surface area contributed by atoms with Crippen LogP contribution in [0.5, 0.6) is 0 Å². The van der Waals surface area contributed by atoms with Crippen LogP contribution in [-0.4, -0.2) is 48.1 Å². The molecule has 5 nitrogen and oxygen atoms in total. The van der Waals surface area contributed by atoms with Gasteiger partial charge in [0.1, 0.15) is 12.2 Å². The molecule has 0 spiro atoms. The van der Waals surface area contributed by atoms with Gasteiger partial charge >= 0.3 is 12.1 Å². The summed E-state index contributed by atoms with van der Waals surface area (Å²) in [6.45, 7) is -1.92. The van der Waals surface area contributed by atoms with Crippen LogP contribution >= 0.6 is 11.6 Å². The molecule has 0 aliphatic heterocycles. The fourth-order valence-electron chi connectivity index (χ4n) is 1.48. The van der Waals surface area contributed by atoms with Crippen molar-refractivity contribution < 1.29 is 27.5 Å². The molecule has 1 heterocycles. The smallest absolute Gasteiger partial charge is 0.406 e. The molecule has 0 N–H and O–H groups in total. The van der Waals surface area contributed by atoms with E-state index in [1.807, 2.05) is 0 Å². The number of alkyl halides is 3. The van der Waals surface area contributed by atoms with E-state index in [0.717, 1.165) is 13.2 Å². The quantitative estimate of drug-likeness (QED) is 0.780. The molecule has 21 heavy (non-hydrogen) atoms. The first kappa shape index (κ1) is 17.2. The zero-order chi connectivity index (χ0) is 16.0. The number of ether oxygens (including phenoxy) is 1. The summed E-state index contributed by atoms with van der Waals surface area (Å²) in [6, 6.07) is 2.55. The summed E-state index contributed by atoms with van der Waals surface area (Å²) in [5.41, 5.74) is -0.225. The van der Waals surface area contributed by atoms with Crippen molar-refractivity contribution in [2.45, 2.75) is 12.6 Å². The second-order valence-corrected chi connectivity index (χ2v) is 4.46. The van der Waals surface area contributed by atoms with Gasteiger partial charge in [-0.25, -0.2) is 0 Å². The topological polar surface area (TPSA) is 59.5 Å². The van der Waals surface area contributed by atoms with E-state index in [0.29, 0.717) is 4.90 Å². The molecule has 0 radical (unpaired) electrons. The predicted molar refractivity (Wildman–Crippen MR) is 67.8 cm³/mol. The Balaban J connectivity index is 2.89. The number of pyridine rings is 1. The minimum atomic E-state index is -4.59. The maximum absolute atomic E-state index is 12.5. The Labute approximate surface area is 123 Å². The maximum Gasteiger partial charge on any atom is 0.406 e.